The van der Waals surface area contributed by atoms with Gasteiger partial charge < -0.3 is 15.5 Å². The second-order valence-corrected chi connectivity index (χ2v) is 5.21. The summed E-state index contributed by atoms with van der Waals surface area (Å²) in [6.07, 6.45) is 0.500. The fourth-order valence-electron chi connectivity index (χ4n) is 1.90. The Labute approximate surface area is 116 Å². The Morgan fingerprint density at radius 3 is 2.32 bits per heavy atom. The van der Waals surface area contributed by atoms with E-state index in [1.54, 1.807) is 0 Å². The van der Waals surface area contributed by atoms with Crippen LogP contribution in [0.5, 0.6) is 0 Å². The van der Waals surface area contributed by atoms with E-state index in [-0.39, 0.29) is 5.91 Å². The van der Waals surface area contributed by atoms with Gasteiger partial charge in [-0.3, -0.25) is 4.79 Å². The highest BCUT2D eigenvalue weighted by Gasteiger charge is 2.01. The predicted molar refractivity (Wildman–Crippen MR) is 80.6 cm³/mol. The molecule has 0 saturated heterocycles. The normalized spacial score (nSPS) is 10.6. The Morgan fingerprint density at radius 2 is 1.74 bits per heavy atom. The summed E-state index contributed by atoms with van der Waals surface area (Å²) in [6, 6.07) is 6.33. The van der Waals surface area contributed by atoms with Crippen LogP contribution < -0.4 is 10.6 Å². The molecule has 0 aliphatic carbocycles. The Kier molecular flexibility index (Phi) is 6.36. The molecular weight excluding hydrogens is 238 g/mol. The van der Waals surface area contributed by atoms with Crippen molar-refractivity contribution < 1.29 is 4.79 Å². The molecule has 0 spiro atoms. The first-order valence-electron chi connectivity index (χ1n) is 6.71. The molecule has 2 N–H and O–H groups in total. The average Bonchev–Trinajstić information content (AvgIpc) is 2.27. The van der Waals surface area contributed by atoms with Crippen molar-refractivity contribution in [2.45, 2.75) is 20.3 Å². The number of amides is 1. The number of nitrogens with one attached hydrogen (secondary N) is 2. The van der Waals surface area contributed by atoms with Gasteiger partial charge in [0.25, 0.3) is 0 Å². The fraction of sp³-hybridized carbons (Fsp3) is 0.533. The largest absolute Gasteiger partial charge is 0.385 e. The van der Waals surface area contributed by atoms with Crippen molar-refractivity contribution >= 4 is 11.6 Å². The lowest BCUT2D eigenvalue weighted by Crippen LogP contribution is -2.32. The van der Waals surface area contributed by atoms with E-state index in [9.17, 15) is 4.79 Å². The van der Waals surface area contributed by atoms with Gasteiger partial charge in [0, 0.05) is 31.7 Å². The minimum absolute atomic E-state index is 0.0960. The third-order valence-corrected chi connectivity index (χ3v) is 2.78. The van der Waals surface area contributed by atoms with E-state index in [1.807, 2.05) is 19.0 Å². The van der Waals surface area contributed by atoms with Crippen LogP contribution in [0.3, 0.4) is 0 Å². The van der Waals surface area contributed by atoms with Gasteiger partial charge in [-0.25, -0.2) is 0 Å². The van der Waals surface area contributed by atoms with E-state index < -0.39 is 0 Å². The molecule has 0 aliphatic rings. The lowest BCUT2D eigenvalue weighted by atomic mass is 10.1. The molecule has 4 heteroatoms. The van der Waals surface area contributed by atoms with E-state index >= 15 is 0 Å². The van der Waals surface area contributed by atoms with Gasteiger partial charge >= 0.3 is 0 Å². The first-order chi connectivity index (χ1) is 8.97. The Hall–Kier alpha value is -1.55. The summed E-state index contributed by atoms with van der Waals surface area (Å²) in [4.78, 5) is 13.6. The molecule has 0 atom stereocenters. The maximum absolute atomic E-state index is 11.6. The van der Waals surface area contributed by atoms with E-state index in [1.165, 1.54) is 11.1 Å². The second-order valence-electron chi connectivity index (χ2n) is 5.21. The lowest BCUT2D eigenvalue weighted by molar-refractivity contribution is -0.120. The van der Waals surface area contributed by atoms with Crippen LogP contribution in [0, 0.1) is 13.8 Å². The number of carbonyl (C=O) groups excluding carboxylic acids is 1. The van der Waals surface area contributed by atoms with E-state index in [0.29, 0.717) is 19.5 Å². The lowest BCUT2D eigenvalue weighted by Gasteiger charge is -2.11. The van der Waals surface area contributed by atoms with Gasteiger partial charge in [-0.2, -0.15) is 0 Å². The molecular formula is C15H25N3O. The van der Waals surface area contributed by atoms with Crippen LogP contribution >= 0.6 is 0 Å². The summed E-state index contributed by atoms with van der Waals surface area (Å²) >= 11 is 0. The van der Waals surface area contributed by atoms with E-state index in [2.05, 4.69) is 42.7 Å². The number of likely N-dealkylation sites (N-methyl/N-ethyl adjacent to an activating group) is 1. The molecule has 0 radical (unpaired) electrons. The Morgan fingerprint density at radius 1 is 1.11 bits per heavy atom. The maximum Gasteiger partial charge on any atom is 0.221 e. The van der Waals surface area contributed by atoms with Crippen molar-refractivity contribution in [1.29, 1.82) is 0 Å². The molecule has 106 valence electrons. The average molecular weight is 263 g/mol. The van der Waals surface area contributed by atoms with Crippen LogP contribution in [-0.4, -0.2) is 44.5 Å². The number of hydrogen-bond donors (Lipinski definition) is 2. The molecule has 19 heavy (non-hydrogen) atoms. The zero-order valence-electron chi connectivity index (χ0n) is 12.4. The molecule has 0 heterocycles. The van der Waals surface area contributed by atoms with Crippen LogP contribution in [0.1, 0.15) is 17.5 Å². The topological polar surface area (TPSA) is 44.4 Å². The number of anilines is 1. The summed E-state index contributed by atoms with van der Waals surface area (Å²) in [7, 11) is 3.99. The minimum Gasteiger partial charge on any atom is -0.385 e. The summed E-state index contributed by atoms with van der Waals surface area (Å²) < 4.78 is 0. The van der Waals surface area contributed by atoms with Gasteiger partial charge in [0.1, 0.15) is 0 Å². The molecule has 0 aromatic heterocycles. The molecule has 0 saturated carbocycles. The summed E-state index contributed by atoms with van der Waals surface area (Å²) in [5, 5.41) is 6.19. The molecule has 4 nitrogen and oxygen atoms in total. The van der Waals surface area contributed by atoms with Crippen molar-refractivity contribution in [2.24, 2.45) is 0 Å². The van der Waals surface area contributed by atoms with Gasteiger partial charge in [0.05, 0.1) is 0 Å². The van der Waals surface area contributed by atoms with Gasteiger partial charge in [-0.05, 0) is 51.2 Å². The molecule has 1 aromatic carbocycles. The molecule has 1 aromatic rings. The Balaban J connectivity index is 2.24. The summed E-state index contributed by atoms with van der Waals surface area (Å²) in [5.41, 5.74) is 3.55. The van der Waals surface area contributed by atoms with Crippen molar-refractivity contribution in [3.05, 3.63) is 29.3 Å². The van der Waals surface area contributed by atoms with Crippen LogP contribution in [0.4, 0.5) is 5.69 Å². The predicted octanol–water partition coefficient (Wildman–Crippen LogP) is 1.78. The second kappa shape index (κ2) is 7.79. The number of nitrogens with zero attached hydrogens (tertiary/aromatic N) is 1. The monoisotopic (exact) mass is 263 g/mol. The van der Waals surface area contributed by atoms with Crippen molar-refractivity contribution in [2.75, 3.05) is 39.0 Å². The van der Waals surface area contributed by atoms with Gasteiger partial charge in [-0.1, -0.05) is 6.07 Å². The van der Waals surface area contributed by atoms with E-state index in [4.69, 9.17) is 0 Å². The number of aryl methyl sites for hydroxylation is 2. The number of rotatable bonds is 7. The highest BCUT2D eigenvalue weighted by Crippen LogP contribution is 2.13. The Bertz CT molecular complexity index is 396. The van der Waals surface area contributed by atoms with E-state index in [0.717, 1.165) is 12.2 Å². The highest BCUT2D eigenvalue weighted by atomic mass is 16.1. The van der Waals surface area contributed by atoms with Crippen LogP contribution in [-0.2, 0) is 4.79 Å². The van der Waals surface area contributed by atoms with Gasteiger partial charge in [0.15, 0.2) is 0 Å². The third kappa shape index (κ3) is 6.82. The van der Waals surface area contributed by atoms with Crippen LogP contribution in [0.25, 0.3) is 0 Å². The van der Waals surface area contributed by atoms with Gasteiger partial charge in [-0.15, -0.1) is 0 Å². The number of carbonyl (C=O) groups is 1. The van der Waals surface area contributed by atoms with Crippen LogP contribution in [0.2, 0.25) is 0 Å². The molecule has 0 aliphatic heterocycles. The van der Waals surface area contributed by atoms with Crippen LogP contribution in [0.15, 0.2) is 18.2 Å². The molecule has 1 rings (SSSR count). The number of hydrogen-bond acceptors (Lipinski definition) is 3. The third-order valence-electron chi connectivity index (χ3n) is 2.78. The summed E-state index contributed by atoms with van der Waals surface area (Å²) in [6.45, 7) is 6.39. The zero-order valence-corrected chi connectivity index (χ0v) is 12.4. The quantitative estimate of drug-likeness (QED) is 0.788. The first kappa shape index (κ1) is 15.5. The standard InChI is InChI=1S/C15H25N3O/c1-12-9-13(2)11-14(10-12)16-6-5-15(19)17-7-8-18(3)4/h9-11,16H,5-8H2,1-4H3,(H,17,19). The summed E-state index contributed by atoms with van der Waals surface area (Å²) in [5.74, 6) is 0.0960. The smallest absolute Gasteiger partial charge is 0.221 e. The molecule has 1 amide bonds. The SMILES string of the molecule is Cc1cc(C)cc(NCCC(=O)NCCN(C)C)c1. The first-order valence-corrected chi connectivity index (χ1v) is 6.71. The fourth-order valence-corrected chi connectivity index (χ4v) is 1.90. The van der Waals surface area contributed by atoms with Crippen molar-refractivity contribution in [3.8, 4) is 0 Å². The number of benzene rings is 1. The molecule has 0 unspecified atom stereocenters. The van der Waals surface area contributed by atoms with Crippen molar-refractivity contribution in [3.63, 3.8) is 0 Å². The highest BCUT2D eigenvalue weighted by molar-refractivity contribution is 5.76. The van der Waals surface area contributed by atoms with Gasteiger partial charge in [0.2, 0.25) is 5.91 Å². The zero-order chi connectivity index (χ0) is 14.3. The minimum atomic E-state index is 0.0960. The molecule has 0 bridgehead atoms. The molecule has 0 fully saturated rings. The van der Waals surface area contributed by atoms with Crippen molar-refractivity contribution in [1.82, 2.24) is 10.2 Å². The maximum atomic E-state index is 11.6.